The van der Waals surface area contributed by atoms with Crippen LogP contribution in [0.4, 0.5) is 0 Å². The molecule has 12 aliphatic rings. The molecule has 0 aromatic heterocycles. The van der Waals surface area contributed by atoms with Crippen LogP contribution in [0.25, 0.3) is 0 Å². The van der Waals surface area contributed by atoms with Crippen molar-refractivity contribution in [2.75, 3.05) is 0 Å². The first-order valence-corrected chi connectivity index (χ1v) is 23.3. The summed E-state index contributed by atoms with van der Waals surface area (Å²) in [4.78, 5) is 0. The van der Waals surface area contributed by atoms with Gasteiger partial charge in [0.2, 0.25) is 0 Å². The zero-order valence-electron chi connectivity index (χ0n) is 27.5. The van der Waals surface area contributed by atoms with E-state index >= 15 is 0 Å². The average molecular weight is 580 g/mol. The van der Waals surface area contributed by atoms with E-state index in [0.717, 1.165) is 29.6 Å². The zero-order valence-corrected chi connectivity index (χ0v) is 29.4. The SMILES string of the molecule is CC12CC3CC(C)(C1)CC(P(=N[Si](C)(C)C)(C14CC5CC(CC(C5)C1)C4)C14CC5CC(C)(CC(C)(C5)C1)C4)(C3)C2. The van der Waals surface area contributed by atoms with Crippen molar-refractivity contribution in [2.45, 2.75) is 178 Å². The third kappa shape index (κ3) is 3.37. The summed E-state index contributed by atoms with van der Waals surface area (Å²) in [7, 11) is -3.37. The highest BCUT2D eigenvalue weighted by atomic mass is 31.2. The Balaban J connectivity index is 1.37. The third-order valence-corrected chi connectivity index (χ3v) is 25.0. The van der Waals surface area contributed by atoms with Crippen molar-refractivity contribution in [3.05, 3.63) is 0 Å². The quantitative estimate of drug-likeness (QED) is 0.232. The van der Waals surface area contributed by atoms with E-state index in [2.05, 4.69) is 47.3 Å². The van der Waals surface area contributed by atoms with Gasteiger partial charge in [-0.3, -0.25) is 0 Å². The monoisotopic (exact) mass is 579 g/mol. The summed E-state index contributed by atoms with van der Waals surface area (Å²) in [5.74, 6) is 5.20. The van der Waals surface area contributed by atoms with Gasteiger partial charge in [-0.2, -0.15) is 0 Å². The van der Waals surface area contributed by atoms with E-state index < -0.39 is 15.3 Å². The minimum Gasteiger partial charge on any atom is -0.336 e. The van der Waals surface area contributed by atoms with Gasteiger partial charge < -0.3 is 4.41 Å². The van der Waals surface area contributed by atoms with E-state index in [-0.39, 0.29) is 0 Å². The Morgan fingerprint density at radius 3 is 1.07 bits per heavy atom. The second-order valence-corrected chi connectivity index (χ2v) is 31.0. The molecule has 12 bridgehead atoms. The third-order valence-electron chi connectivity index (χ3n) is 15.7. The molecule has 0 aliphatic heterocycles. The number of hydrogen-bond acceptors (Lipinski definition) is 1. The number of hydrogen-bond donors (Lipinski definition) is 0. The van der Waals surface area contributed by atoms with Crippen LogP contribution in [0.1, 0.15) is 143 Å². The lowest BCUT2D eigenvalue weighted by Crippen LogP contribution is -2.68. The molecule has 12 fully saturated rings. The number of nitrogens with zero attached hydrogens (tertiary/aromatic N) is 1. The molecule has 0 saturated heterocycles. The van der Waals surface area contributed by atoms with Gasteiger partial charge in [-0.15, -0.1) is 0 Å². The Bertz CT molecular complexity index is 1080. The lowest BCUT2D eigenvalue weighted by Gasteiger charge is -2.79. The summed E-state index contributed by atoms with van der Waals surface area (Å²) in [6, 6.07) is 0. The lowest BCUT2D eigenvalue weighted by molar-refractivity contribution is -0.0964. The fourth-order valence-electron chi connectivity index (χ4n) is 18.2. The van der Waals surface area contributed by atoms with Crippen molar-refractivity contribution in [1.29, 1.82) is 0 Å². The molecule has 12 aliphatic carbocycles. The molecule has 12 saturated carbocycles. The Kier molecular flexibility index (Phi) is 5.00. The van der Waals surface area contributed by atoms with Crippen molar-refractivity contribution in [3.8, 4) is 0 Å². The highest BCUT2D eigenvalue weighted by molar-refractivity contribution is 7.72. The van der Waals surface area contributed by atoms with Crippen molar-refractivity contribution < 1.29 is 0 Å². The normalized spacial score (nSPS) is 62.2. The number of rotatable bonds is 4. The Morgan fingerprint density at radius 1 is 0.450 bits per heavy atom. The predicted molar refractivity (Wildman–Crippen MR) is 174 cm³/mol. The van der Waals surface area contributed by atoms with Crippen molar-refractivity contribution >= 4 is 15.3 Å². The van der Waals surface area contributed by atoms with Crippen LogP contribution in [0.2, 0.25) is 19.6 Å². The molecule has 4 unspecified atom stereocenters. The van der Waals surface area contributed by atoms with Crippen molar-refractivity contribution in [2.24, 2.45) is 55.7 Å². The standard InChI is InChI=1S/C37H62NPSi/c1-31-11-29-12-32(2,20-31)23-36(18-29,22-31)39(38-40(5,6)7,35-15-26-8-27(16-35)10-28(9-26)17-35)37-19-30-13-33(3,24-37)21-34(4,14-30)25-37/h26-30H,8-25H2,1-7H3. The van der Waals surface area contributed by atoms with E-state index in [4.69, 9.17) is 4.41 Å². The first-order valence-electron chi connectivity index (χ1n) is 18.1. The average Bonchev–Trinajstić information content (AvgIpc) is 2.70. The summed E-state index contributed by atoms with van der Waals surface area (Å²) in [5, 5.41) is 1.79. The minimum atomic E-state index is -1.70. The van der Waals surface area contributed by atoms with Crippen LogP contribution < -0.4 is 0 Å². The topological polar surface area (TPSA) is 12.4 Å². The molecule has 0 N–H and O–H groups in total. The molecule has 1 nitrogen and oxygen atoms in total. The Morgan fingerprint density at radius 2 is 0.775 bits per heavy atom. The zero-order chi connectivity index (χ0) is 27.8. The van der Waals surface area contributed by atoms with Crippen LogP contribution in [-0.2, 0) is 0 Å². The molecule has 0 heterocycles. The maximum Gasteiger partial charge on any atom is 0.170 e. The fraction of sp³-hybridized carbons (Fsp3) is 1.00. The van der Waals surface area contributed by atoms with Gasteiger partial charge >= 0.3 is 0 Å². The van der Waals surface area contributed by atoms with Gasteiger partial charge in [0.25, 0.3) is 0 Å². The van der Waals surface area contributed by atoms with Crippen LogP contribution in [-0.4, -0.2) is 23.7 Å². The minimum absolute atomic E-state index is 0.584. The predicted octanol–water partition coefficient (Wildman–Crippen LogP) is 11.5. The highest BCUT2D eigenvalue weighted by Crippen LogP contribution is 2.94. The Hall–Kier alpha value is 0.447. The Labute approximate surface area is 248 Å². The molecular formula is C37H62NPSi. The van der Waals surface area contributed by atoms with Crippen LogP contribution in [0.15, 0.2) is 4.41 Å². The molecular weight excluding hydrogens is 517 g/mol. The van der Waals surface area contributed by atoms with Gasteiger partial charge in [0.05, 0.1) is 0 Å². The summed E-state index contributed by atoms with van der Waals surface area (Å²) < 4.78 is 6.98. The first kappa shape index (κ1) is 26.8. The van der Waals surface area contributed by atoms with Crippen molar-refractivity contribution in [3.63, 3.8) is 0 Å². The molecule has 4 atom stereocenters. The molecule has 0 amide bonds. The van der Waals surface area contributed by atoms with Gasteiger partial charge in [0.1, 0.15) is 0 Å². The summed E-state index contributed by atoms with van der Waals surface area (Å²) in [6.07, 6.45) is 28.6. The summed E-state index contributed by atoms with van der Waals surface area (Å²) in [5.41, 5.74) is 2.42. The molecule has 3 heteroatoms. The molecule has 40 heavy (non-hydrogen) atoms. The first-order chi connectivity index (χ1) is 18.5. The van der Waals surface area contributed by atoms with Crippen LogP contribution in [0, 0.1) is 51.2 Å². The van der Waals surface area contributed by atoms with Gasteiger partial charge in [-0.25, -0.2) is 0 Å². The van der Waals surface area contributed by atoms with Gasteiger partial charge in [-0.05, 0) is 174 Å². The molecule has 0 aromatic rings. The molecule has 0 radical (unpaired) electrons. The van der Waals surface area contributed by atoms with Crippen molar-refractivity contribution in [1.82, 2.24) is 0 Å². The van der Waals surface area contributed by atoms with Gasteiger partial charge in [-0.1, -0.05) is 47.3 Å². The maximum absolute atomic E-state index is 6.98. The van der Waals surface area contributed by atoms with Gasteiger partial charge in [0.15, 0.2) is 8.24 Å². The van der Waals surface area contributed by atoms with E-state index in [1.165, 1.54) is 12.8 Å². The largest absolute Gasteiger partial charge is 0.336 e. The van der Waals surface area contributed by atoms with Gasteiger partial charge in [0, 0.05) is 15.5 Å². The lowest BCUT2D eigenvalue weighted by atomic mass is 9.44. The second kappa shape index (κ2) is 7.45. The van der Waals surface area contributed by atoms with E-state index in [0.29, 0.717) is 37.1 Å². The van der Waals surface area contributed by atoms with Crippen LogP contribution in [0.3, 0.4) is 0 Å². The molecule has 0 aromatic carbocycles. The molecule has 12 rings (SSSR count). The fourth-order valence-corrected chi connectivity index (χ4v) is 32.5. The molecule has 224 valence electrons. The maximum atomic E-state index is 6.98. The van der Waals surface area contributed by atoms with Crippen LogP contribution >= 0.6 is 7.05 Å². The molecule has 0 spiro atoms. The van der Waals surface area contributed by atoms with E-state index in [9.17, 15) is 0 Å². The van der Waals surface area contributed by atoms with Crippen LogP contribution in [0.5, 0.6) is 0 Å². The summed E-state index contributed by atoms with van der Waals surface area (Å²) >= 11 is 0. The summed E-state index contributed by atoms with van der Waals surface area (Å²) in [6.45, 7) is 19.3. The second-order valence-electron chi connectivity index (χ2n) is 21.8. The van der Waals surface area contributed by atoms with E-state index in [1.54, 1.807) is 103 Å². The highest BCUT2D eigenvalue weighted by Gasteiger charge is 2.77. The van der Waals surface area contributed by atoms with E-state index in [1.807, 2.05) is 0 Å². The smallest absolute Gasteiger partial charge is 0.170 e.